The lowest BCUT2D eigenvalue weighted by Crippen LogP contribution is -2.32. The Bertz CT molecular complexity index is 627. The maximum Gasteiger partial charge on any atom is 0.407 e. The van der Waals surface area contributed by atoms with Crippen molar-refractivity contribution in [3.63, 3.8) is 0 Å². The highest BCUT2D eigenvalue weighted by Gasteiger charge is 2.15. The number of ether oxygens (including phenoxy) is 1. The van der Waals surface area contributed by atoms with E-state index >= 15 is 0 Å². The molecule has 0 saturated heterocycles. The predicted molar refractivity (Wildman–Crippen MR) is 76.9 cm³/mol. The van der Waals surface area contributed by atoms with Gasteiger partial charge in [-0.2, -0.15) is 0 Å². The maximum absolute atomic E-state index is 13.1. The number of aromatic nitrogens is 1. The molecule has 1 rings (SSSR count). The zero-order valence-corrected chi connectivity index (χ0v) is 12.6. The summed E-state index contributed by atoms with van der Waals surface area (Å²) in [5.74, 6) is 3.02. The lowest BCUT2D eigenvalue weighted by molar-refractivity contribution is 0.0528. The van der Waals surface area contributed by atoms with Gasteiger partial charge in [-0.1, -0.05) is 5.92 Å². The van der Waals surface area contributed by atoms with E-state index in [2.05, 4.69) is 22.1 Å². The number of halogens is 1. The zero-order valence-electron chi connectivity index (χ0n) is 12.6. The fourth-order valence-electron chi connectivity index (χ4n) is 1.37. The number of hydrogen-bond acceptors (Lipinski definition) is 4. The molecule has 1 aromatic heterocycles. The molecule has 0 unspecified atom stereocenters. The minimum absolute atomic E-state index is 0.149. The minimum atomic E-state index is -1.38. The average molecular weight is 308 g/mol. The summed E-state index contributed by atoms with van der Waals surface area (Å²) in [5.41, 5.74) is -0.900. The van der Waals surface area contributed by atoms with E-state index in [9.17, 15) is 14.0 Å². The van der Waals surface area contributed by atoms with E-state index in [0.717, 1.165) is 12.3 Å². The molecule has 0 fully saturated rings. The molecule has 0 saturated carbocycles. The molecule has 1 aromatic rings. The van der Waals surface area contributed by atoms with Crippen LogP contribution in [0.2, 0.25) is 0 Å². The molecule has 22 heavy (non-hydrogen) atoms. The number of amides is 1. The first kappa shape index (κ1) is 17.4. The third kappa shape index (κ3) is 6.22. The summed E-state index contributed by atoms with van der Waals surface area (Å²) in [7, 11) is 0. The summed E-state index contributed by atoms with van der Waals surface area (Å²) in [6.45, 7) is 5.54. The first-order valence-corrected chi connectivity index (χ1v) is 6.53. The molecule has 0 aromatic carbocycles. The van der Waals surface area contributed by atoms with Crippen molar-refractivity contribution in [2.24, 2.45) is 0 Å². The Balaban J connectivity index is 2.50. The molecule has 2 N–H and O–H groups in total. The van der Waals surface area contributed by atoms with E-state index in [1.807, 2.05) is 0 Å². The summed E-state index contributed by atoms with van der Waals surface area (Å²) in [5, 5.41) is 11.3. The van der Waals surface area contributed by atoms with Crippen molar-refractivity contribution in [2.75, 3.05) is 6.54 Å². The van der Waals surface area contributed by atoms with Crippen molar-refractivity contribution in [2.45, 2.75) is 32.8 Å². The fraction of sp³-hybridized carbons (Fsp3) is 0.400. The van der Waals surface area contributed by atoms with Crippen LogP contribution in [0.3, 0.4) is 0 Å². The van der Waals surface area contributed by atoms with Crippen molar-refractivity contribution >= 4 is 12.1 Å². The topological polar surface area (TPSA) is 88.5 Å². The van der Waals surface area contributed by atoms with E-state index in [1.165, 1.54) is 0 Å². The van der Waals surface area contributed by atoms with Gasteiger partial charge in [0.1, 0.15) is 11.3 Å². The largest absolute Gasteiger partial charge is 0.478 e. The molecule has 0 radical (unpaired) electrons. The van der Waals surface area contributed by atoms with Crippen LogP contribution in [0.5, 0.6) is 0 Å². The second kappa shape index (κ2) is 7.41. The summed E-state index contributed by atoms with van der Waals surface area (Å²) in [4.78, 5) is 25.8. The number of carbonyl (C=O) groups excluding carboxylic acids is 1. The van der Waals surface area contributed by atoms with Gasteiger partial charge in [-0.05, 0) is 32.8 Å². The van der Waals surface area contributed by atoms with Crippen LogP contribution >= 0.6 is 0 Å². The molecule has 7 heteroatoms. The number of carboxylic acid groups (broad SMARTS) is 1. The summed E-state index contributed by atoms with van der Waals surface area (Å²) in [6, 6.07) is 1.06. The van der Waals surface area contributed by atoms with E-state index in [-0.39, 0.29) is 12.2 Å². The van der Waals surface area contributed by atoms with E-state index in [0.29, 0.717) is 6.42 Å². The van der Waals surface area contributed by atoms with Crippen LogP contribution in [-0.4, -0.2) is 34.3 Å². The van der Waals surface area contributed by atoms with Crippen molar-refractivity contribution in [1.82, 2.24) is 10.3 Å². The van der Waals surface area contributed by atoms with Crippen LogP contribution in [-0.2, 0) is 4.74 Å². The summed E-state index contributed by atoms with van der Waals surface area (Å²) >= 11 is 0. The molecule has 0 atom stereocenters. The van der Waals surface area contributed by atoms with E-state index in [1.54, 1.807) is 20.8 Å². The standard InChI is InChI=1S/C15H17FN2O4/c1-15(2,3)22-14(21)17-7-5-4-6-10-8-11(13(19)20)12(16)9-18-10/h8-9H,5,7H2,1-3H3,(H,17,21)(H,19,20). The molecule has 0 bridgehead atoms. The third-order valence-electron chi connectivity index (χ3n) is 2.22. The number of pyridine rings is 1. The van der Waals surface area contributed by atoms with E-state index < -0.39 is 29.0 Å². The second-order valence-electron chi connectivity index (χ2n) is 5.33. The van der Waals surface area contributed by atoms with Crippen molar-refractivity contribution in [3.8, 4) is 11.8 Å². The Labute approximate surface area is 127 Å². The molecule has 118 valence electrons. The lowest BCUT2D eigenvalue weighted by atomic mass is 10.2. The smallest absolute Gasteiger partial charge is 0.407 e. The van der Waals surface area contributed by atoms with Gasteiger partial charge in [0.05, 0.1) is 11.8 Å². The lowest BCUT2D eigenvalue weighted by Gasteiger charge is -2.19. The average Bonchev–Trinajstić information content (AvgIpc) is 2.37. The quantitative estimate of drug-likeness (QED) is 0.660. The number of carboxylic acids is 1. The molecule has 1 amide bonds. The number of carbonyl (C=O) groups is 2. The predicted octanol–water partition coefficient (Wildman–Crippen LogP) is 2.19. The summed E-state index contributed by atoms with van der Waals surface area (Å²) in [6.07, 6.45) is 0.593. The Morgan fingerprint density at radius 2 is 2.14 bits per heavy atom. The van der Waals surface area contributed by atoms with Crippen molar-refractivity contribution < 1.29 is 23.8 Å². The van der Waals surface area contributed by atoms with Crippen LogP contribution in [0.1, 0.15) is 43.2 Å². The first-order valence-electron chi connectivity index (χ1n) is 6.53. The molecule has 0 aliphatic carbocycles. The number of aromatic carboxylic acids is 1. The van der Waals surface area contributed by atoms with Gasteiger partial charge in [0.25, 0.3) is 0 Å². The molecular weight excluding hydrogens is 291 g/mol. The minimum Gasteiger partial charge on any atom is -0.478 e. The van der Waals surface area contributed by atoms with Gasteiger partial charge in [-0.3, -0.25) is 0 Å². The molecule has 0 aliphatic heterocycles. The monoisotopic (exact) mass is 308 g/mol. The van der Waals surface area contributed by atoms with Crippen LogP contribution in [0.15, 0.2) is 12.3 Å². The van der Waals surface area contributed by atoms with Crippen LogP contribution < -0.4 is 5.32 Å². The maximum atomic E-state index is 13.1. The number of rotatable bonds is 3. The third-order valence-corrected chi connectivity index (χ3v) is 2.22. The molecule has 0 spiro atoms. The normalized spacial score (nSPS) is 10.4. The number of nitrogens with zero attached hydrogens (tertiary/aromatic N) is 1. The fourth-order valence-corrected chi connectivity index (χ4v) is 1.37. The van der Waals surface area contributed by atoms with Crippen molar-refractivity contribution in [3.05, 3.63) is 29.3 Å². The van der Waals surface area contributed by atoms with Gasteiger partial charge >= 0.3 is 12.1 Å². The molecular formula is C15H17FN2O4. The highest BCUT2D eigenvalue weighted by molar-refractivity contribution is 5.88. The Kier molecular flexibility index (Phi) is 5.87. The summed E-state index contributed by atoms with van der Waals surface area (Å²) < 4.78 is 18.2. The van der Waals surface area contributed by atoms with Gasteiger partial charge in [-0.15, -0.1) is 0 Å². The van der Waals surface area contributed by atoms with Crippen LogP contribution in [0, 0.1) is 17.7 Å². The highest BCUT2D eigenvalue weighted by atomic mass is 19.1. The Morgan fingerprint density at radius 3 is 2.73 bits per heavy atom. The molecule has 0 aliphatic rings. The van der Waals surface area contributed by atoms with Gasteiger partial charge in [0.15, 0.2) is 5.82 Å². The molecule has 1 heterocycles. The Hall–Kier alpha value is -2.62. The van der Waals surface area contributed by atoms with Gasteiger partial charge in [-0.25, -0.2) is 19.0 Å². The van der Waals surface area contributed by atoms with Crippen LogP contribution in [0.4, 0.5) is 9.18 Å². The number of alkyl carbamates (subject to hydrolysis) is 1. The first-order chi connectivity index (χ1) is 10.2. The molecule has 6 nitrogen and oxygen atoms in total. The van der Waals surface area contributed by atoms with Crippen LogP contribution in [0.25, 0.3) is 0 Å². The van der Waals surface area contributed by atoms with Gasteiger partial charge in [0, 0.05) is 13.0 Å². The Morgan fingerprint density at radius 1 is 1.45 bits per heavy atom. The van der Waals surface area contributed by atoms with Gasteiger partial charge < -0.3 is 15.2 Å². The highest BCUT2D eigenvalue weighted by Crippen LogP contribution is 2.07. The number of nitrogens with one attached hydrogen (secondary N) is 1. The van der Waals surface area contributed by atoms with Crippen molar-refractivity contribution in [1.29, 1.82) is 0 Å². The second-order valence-corrected chi connectivity index (χ2v) is 5.33. The zero-order chi connectivity index (χ0) is 16.8. The SMILES string of the molecule is CC(C)(C)OC(=O)NCCC#Cc1cc(C(=O)O)c(F)cn1. The number of hydrogen-bond donors (Lipinski definition) is 2. The van der Waals surface area contributed by atoms with E-state index in [4.69, 9.17) is 9.84 Å². The van der Waals surface area contributed by atoms with Gasteiger partial charge in [0.2, 0.25) is 0 Å².